The van der Waals surface area contributed by atoms with Crippen LogP contribution in [0, 0.1) is 5.92 Å². The summed E-state index contributed by atoms with van der Waals surface area (Å²) in [5.74, 6) is 0.596. The Kier molecular flexibility index (Phi) is 2.74. The smallest absolute Gasteiger partial charge is 0.0412 e. The molecular weight excluding hydrogens is 192 g/mol. The van der Waals surface area contributed by atoms with Gasteiger partial charge in [0.15, 0.2) is 0 Å². The van der Waals surface area contributed by atoms with Crippen LogP contribution in [0.5, 0.6) is 0 Å². The van der Waals surface area contributed by atoms with E-state index in [2.05, 4.69) is 31.2 Å². The molecule has 0 unspecified atom stereocenters. The molecule has 1 atom stereocenters. The Labute approximate surface area is 89.9 Å². The Balaban J connectivity index is 2.39. The zero-order valence-corrected chi connectivity index (χ0v) is 8.96. The van der Waals surface area contributed by atoms with Crippen molar-refractivity contribution in [1.29, 1.82) is 0 Å². The Bertz CT molecular complexity index is 388. The molecule has 0 bridgehead atoms. The molecule has 0 saturated carbocycles. The second-order valence-corrected chi connectivity index (χ2v) is 4.13. The highest BCUT2D eigenvalue weighted by Gasteiger charge is 2.11. The van der Waals surface area contributed by atoms with Gasteiger partial charge in [0, 0.05) is 5.02 Å². The van der Waals surface area contributed by atoms with Crippen molar-refractivity contribution < 1.29 is 0 Å². The van der Waals surface area contributed by atoms with Gasteiger partial charge in [-0.3, -0.25) is 0 Å². The van der Waals surface area contributed by atoms with Crippen molar-refractivity contribution in [3.8, 4) is 0 Å². The summed E-state index contributed by atoms with van der Waals surface area (Å²) in [6.07, 6.45) is 7.63. The summed E-state index contributed by atoms with van der Waals surface area (Å²) < 4.78 is 0. The van der Waals surface area contributed by atoms with Crippen LogP contribution in [0.2, 0.25) is 5.02 Å². The molecule has 1 aliphatic rings. The monoisotopic (exact) mass is 204 g/mol. The third-order valence-electron chi connectivity index (χ3n) is 2.59. The molecule has 0 aliphatic heterocycles. The van der Waals surface area contributed by atoms with Crippen molar-refractivity contribution in [3.05, 3.63) is 53.1 Å². The van der Waals surface area contributed by atoms with Gasteiger partial charge < -0.3 is 0 Å². The summed E-state index contributed by atoms with van der Waals surface area (Å²) in [7, 11) is 0. The third kappa shape index (κ3) is 1.91. The highest BCUT2D eigenvalue weighted by Crippen LogP contribution is 2.30. The lowest BCUT2D eigenvalue weighted by atomic mass is 9.88. The van der Waals surface area contributed by atoms with Crippen LogP contribution >= 0.6 is 11.6 Å². The van der Waals surface area contributed by atoms with E-state index in [1.54, 1.807) is 0 Å². The maximum Gasteiger partial charge on any atom is 0.0412 e. The minimum Gasteiger partial charge on any atom is -0.0843 e. The third-order valence-corrected chi connectivity index (χ3v) is 2.83. The predicted octanol–water partition coefficient (Wildman–Crippen LogP) is 4.32. The molecular formula is C13H13Cl. The standard InChI is InChI=1S/C13H13Cl/c1-10-5-2-3-8-13(10)11-6-4-7-12(14)9-11/h2-4,6-10H,5H2,1H3/t10-/m0/s1. The van der Waals surface area contributed by atoms with Crippen molar-refractivity contribution >= 4 is 17.2 Å². The fraction of sp³-hybridized carbons (Fsp3) is 0.231. The number of hydrogen-bond donors (Lipinski definition) is 0. The van der Waals surface area contributed by atoms with Crippen LogP contribution in [0.3, 0.4) is 0 Å². The molecule has 0 nitrogen and oxygen atoms in total. The van der Waals surface area contributed by atoms with E-state index in [0.717, 1.165) is 11.4 Å². The molecule has 1 aromatic carbocycles. The van der Waals surface area contributed by atoms with Crippen LogP contribution in [0.15, 0.2) is 42.5 Å². The second kappa shape index (κ2) is 4.02. The minimum atomic E-state index is 0.596. The summed E-state index contributed by atoms with van der Waals surface area (Å²) in [6.45, 7) is 2.25. The highest BCUT2D eigenvalue weighted by atomic mass is 35.5. The Morgan fingerprint density at radius 2 is 2.21 bits per heavy atom. The number of halogens is 1. The minimum absolute atomic E-state index is 0.596. The average molecular weight is 205 g/mol. The lowest BCUT2D eigenvalue weighted by Crippen LogP contribution is -2.00. The Morgan fingerprint density at radius 1 is 1.36 bits per heavy atom. The zero-order valence-electron chi connectivity index (χ0n) is 8.20. The molecule has 0 radical (unpaired) electrons. The molecule has 14 heavy (non-hydrogen) atoms. The zero-order chi connectivity index (χ0) is 9.97. The normalized spacial score (nSPS) is 20.7. The van der Waals surface area contributed by atoms with Crippen molar-refractivity contribution in [2.24, 2.45) is 5.92 Å². The van der Waals surface area contributed by atoms with Crippen molar-refractivity contribution in [3.63, 3.8) is 0 Å². The molecule has 1 aliphatic carbocycles. The van der Waals surface area contributed by atoms with Crippen LogP contribution in [-0.4, -0.2) is 0 Å². The largest absolute Gasteiger partial charge is 0.0843 e. The van der Waals surface area contributed by atoms with E-state index in [0.29, 0.717) is 5.92 Å². The van der Waals surface area contributed by atoms with Crippen molar-refractivity contribution in [1.82, 2.24) is 0 Å². The molecule has 2 rings (SSSR count). The van der Waals surface area contributed by atoms with Gasteiger partial charge in [-0.15, -0.1) is 0 Å². The van der Waals surface area contributed by atoms with E-state index in [1.165, 1.54) is 11.1 Å². The molecule has 0 fully saturated rings. The first-order valence-electron chi connectivity index (χ1n) is 4.90. The van der Waals surface area contributed by atoms with Crippen LogP contribution in [0.1, 0.15) is 18.9 Å². The van der Waals surface area contributed by atoms with Gasteiger partial charge in [-0.25, -0.2) is 0 Å². The maximum atomic E-state index is 5.97. The fourth-order valence-corrected chi connectivity index (χ4v) is 1.98. The van der Waals surface area contributed by atoms with Gasteiger partial charge in [0.1, 0.15) is 0 Å². The van der Waals surface area contributed by atoms with Crippen LogP contribution in [0.4, 0.5) is 0 Å². The van der Waals surface area contributed by atoms with Crippen molar-refractivity contribution in [2.45, 2.75) is 13.3 Å². The lowest BCUT2D eigenvalue weighted by molar-refractivity contribution is 0.758. The summed E-state index contributed by atoms with van der Waals surface area (Å²) in [6, 6.07) is 8.06. The lowest BCUT2D eigenvalue weighted by Gasteiger charge is -2.17. The predicted molar refractivity (Wildman–Crippen MR) is 62.4 cm³/mol. The summed E-state index contributed by atoms with van der Waals surface area (Å²) in [5, 5.41) is 0.810. The molecule has 0 spiro atoms. The van der Waals surface area contributed by atoms with Gasteiger partial charge in [0.2, 0.25) is 0 Å². The number of rotatable bonds is 1. The van der Waals surface area contributed by atoms with E-state index in [9.17, 15) is 0 Å². The van der Waals surface area contributed by atoms with E-state index in [-0.39, 0.29) is 0 Å². The first kappa shape index (κ1) is 9.54. The molecule has 72 valence electrons. The van der Waals surface area contributed by atoms with E-state index >= 15 is 0 Å². The van der Waals surface area contributed by atoms with E-state index in [4.69, 9.17) is 11.6 Å². The van der Waals surface area contributed by atoms with Crippen LogP contribution in [-0.2, 0) is 0 Å². The molecule has 1 heteroatoms. The van der Waals surface area contributed by atoms with Gasteiger partial charge in [-0.05, 0) is 35.6 Å². The molecule has 0 heterocycles. The molecule has 0 saturated heterocycles. The first-order valence-corrected chi connectivity index (χ1v) is 5.28. The fourth-order valence-electron chi connectivity index (χ4n) is 1.79. The van der Waals surface area contributed by atoms with Gasteiger partial charge in [-0.2, -0.15) is 0 Å². The van der Waals surface area contributed by atoms with Gasteiger partial charge in [-0.1, -0.05) is 48.9 Å². The quantitative estimate of drug-likeness (QED) is 0.639. The molecule has 1 aromatic rings. The van der Waals surface area contributed by atoms with Gasteiger partial charge in [0.05, 0.1) is 0 Å². The summed E-state index contributed by atoms with van der Waals surface area (Å²) in [5.41, 5.74) is 2.63. The van der Waals surface area contributed by atoms with Gasteiger partial charge >= 0.3 is 0 Å². The second-order valence-electron chi connectivity index (χ2n) is 3.70. The van der Waals surface area contributed by atoms with Crippen molar-refractivity contribution in [2.75, 3.05) is 0 Å². The summed E-state index contributed by atoms with van der Waals surface area (Å²) in [4.78, 5) is 0. The van der Waals surface area contributed by atoms with E-state index < -0.39 is 0 Å². The Hall–Kier alpha value is -1.01. The molecule has 0 N–H and O–H groups in total. The number of allylic oxidation sites excluding steroid dienone is 4. The molecule has 0 aromatic heterocycles. The summed E-state index contributed by atoms with van der Waals surface area (Å²) >= 11 is 5.97. The van der Waals surface area contributed by atoms with Gasteiger partial charge in [0.25, 0.3) is 0 Å². The first-order chi connectivity index (χ1) is 6.77. The topological polar surface area (TPSA) is 0 Å². The highest BCUT2D eigenvalue weighted by molar-refractivity contribution is 6.30. The Morgan fingerprint density at radius 3 is 2.93 bits per heavy atom. The molecule has 0 amide bonds. The maximum absolute atomic E-state index is 5.97. The SMILES string of the molecule is C[C@H]1CC=CC=C1c1cccc(Cl)c1. The van der Waals surface area contributed by atoms with Crippen LogP contribution < -0.4 is 0 Å². The number of benzene rings is 1. The average Bonchev–Trinajstić information content (AvgIpc) is 2.18. The number of hydrogen-bond acceptors (Lipinski definition) is 0. The van der Waals surface area contributed by atoms with E-state index in [1.807, 2.05) is 18.2 Å². The van der Waals surface area contributed by atoms with Crippen LogP contribution in [0.25, 0.3) is 5.57 Å².